The fraction of sp³-hybridized carbons (Fsp3) is 0.958. The summed E-state index contributed by atoms with van der Waals surface area (Å²) >= 11 is 0. The molecule has 3 unspecified atom stereocenters. The maximum Gasteiger partial charge on any atom is 0.391 e. The summed E-state index contributed by atoms with van der Waals surface area (Å²) in [5.74, 6) is -0.253. The second-order valence-corrected chi connectivity index (χ2v) is 13.2. The van der Waals surface area contributed by atoms with Crippen LogP contribution in [0, 0.1) is 17.8 Å². The van der Waals surface area contributed by atoms with Crippen molar-refractivity contribution in [1.29, 1.82) is 0 Å². The summed E-state index contributed by atoms with van der Waals surface area (Å²) in [6.07, 6.45) is 2.30. The molecule has 0 aromatic carbocycles. The molecular weight excluding hydrogens is 481 g/mol. The van der Waals surface area contributed by atoms with Crippen molar-refractivity contribution in [3.8, 4) is 0 Å². The molecule has 0 spiro atoms. The normalized spacial score (nSPS) is 33.4. The molecule has 0 aromatic heterocycles. The molecule has 0 aromatic rings. The number of unbranched alkanes of at least 4 members (excludes halogenated alkanes) is 1. The van der Waals surface area contributed by atoms with Gasteiger partial charge in [0, 0.05) is 25.7 Å². The lowest BCUT2D eigenvalue weighted by atomic mass is 9.88. The van der Waals surface area contributed by atoms with Crippen LogP contribution in [-0.2, 0) is 14.8 Å². The number of carbonyl (C=O) groups is 1. The van der Waals surface area contributed by atoms with E-state index >= 15 is 0 Å². The molecule has 7 nitrogen and oxygen atoms in total. The van der Waals surface area contributed by atoms with Crippen molar-refractivity contribution in [3.63, 3.8) is 0 Å². The van der Waals surface area contributed by atoms with E-state index in [-0.39, 0.29) is 37.6 Å². The second kappa shape index (κ2) is 11.6. The maximum atomic E-state index is 13.0. The van der Waals surface area contributed by atoms with Gasteiger partial charge in [0.25, 0.3) is 0 Å². The van der Waals surface area contributed by atoms with Gasteiger partial charge < -0.3 is 16.0 Å². The predicted molar refractivity (Wildman–Crippen MR) is 128 cm³/mol. The molecule has 3 N–H and O–H groups in total. The van der Waals surface area contributed by atoms with Gasteiger partial charge in [-0.05, 0) is 82.7 Å². The van der Waals surface area contributed by atoms with Crippen LogP contribution in [0.4, 0.5) is 13.2 Å². The number of hydrogen-bond acceptors (Lipinski definition) is 5. The van der Waals surface area contributed by atoms with E-state index in [1.54, 1.807) is 0 Å². The quantitative estimate of drug-likeness (QED) is 0.427. The number of sulfonamides is 1. The van der Waals surface area contributed by atoms with Gasteiger partial charge in [-0.25, -0.2) is 12.7 Å². The van der Waals surface area contributed by atoms with Gasteiger partial charge in [-0.1, -0.05) is 12.8 Å². The van der Waals surface area contributed by atoms with Gasteiger partial charge in [0.15, 0.2) is 0 Å². The van der Waals surface area contributed by atoms with Gasteiger partial charge >= 0.3 is 6.18 Å². The lowest BCUT2D eigenvalue weighted by molar-refractivity contribution is -0.181. The van der Waals surface area contributed by atoms with Crippen LogP contribution in [0.1, 0.15) is 70.6 Å². The number of rotatable bonds is 8. The third-order valence-electron chi connectivity index (χ3n) is 8.71. The molecule has 1 aliphatic carbocycles. The molecule has 1 amide bonds. The first kappa shape index (κ1) is 27.1. The zero-order valence-electron chi connectivity index (χ0n) is 20.5. The minimum absolute atomic E-state index is 0.0836. The Labute approximate surface area is 207 Å². The molecule has 0 radical (unpaired) electrons. The molecule has 3 saturated heterocycles. The Balaban J connectivity index is 1.09. The molecule has 4 aliphatic rings. The summed E-state index contributed by atoms with van der Waals surface area (Å²) in [4.78, 5) is 12.5. The summed E-state index contributed by atoms with van der Waals surface area (Å²) in [6, 6.07) is 0.372. The lowest BCUT2D eigenvalue weighted by Crippen LogP contribution is -2.45. The third-order valence-corrected chi connectivity index (χ3v) is 11.1. The number of nitrogens with zero attached hydrogens (tertiary/aromatic N) is 1. The summed E-state index contributed by atoms with van der Waals surface area (Å²) in [7, 11) is -3.52. The first-order valence-corrected chi connectivity index (χ1v) is 14.9. The standard InChI is InChI=1S/C24H41F3N4O3S/c25-24(26,27)19-4-6-20(7-5-19)35(33,34)31-13-9-17(10-14-31)3-1-2-11-29-23(32)22-15-18-16-28-12-8-21(18)30-22/h17-22,28,30H,1-16H2,(H,29,32). The van der Waals surface area contributed by atoms with Gasteiger partial charge in [0.2, 0.25) is 15.9 Å². The summed E-state index contributed by atoms with van der Waals surface area (Å²) in [6.45, 7) is 3.59. The average molecular weight is 523 g/mol. The number of carbonyl (C=O) groups excluding carboxylic acids is 1. The first-order chi connectivity index (χ1) is 16.6. The van der Waals surface area contributed by atoms with E-state index in [1.165, 1.54) is 4.31 Å². The molecule has 11 heteroatoms. The predicted octanol–water partition coefficient (Wildman–Crippen LogP) is 2.78. The molecule has 3 atom stereocenters. The number of hydrogen-bond donors (Lipinski definition) is 3. The minimum atomic E-state index is -4.22. The van der Waals surface area contributed by atoms with Crippen LogP contribution < -0.4 is 16.0 Å². The molecular formula is C24H41F3N4O3S. The van der Waals surface area contributed by atoms with E-state index in [0.29, 0.717) is 37.5 Å². The highest BCUT2D eigenvalue weighted by Crippen LogP contribution is 2.40. The zero-order chi connectivity index (χ0) is 25.1. The van der Waals surface area contributed by atoms with Crippen molar-refractivity contribution in [2.24, 2.45) is 17.8 Å². The van der Waals surface area contributed by atoms with Crippen LogP contribution in [0.15, 0.2) is 0 Å². The highest BCUT2D eigenvalue weighted by molar-refractivity contribution is 7.89. The Hall–Kier alpha value is -0.910. The van der Waals surface area contributed by atoms with Crippen molar-refractivity contribution in [2.75, 3.05) is 32.7 Å². The number of nitrogens with one attached hydrogen (secondary N) is 3. The Morgan fingerprint density at radius 3 is 2.37 bits per heavy atom. The topological polar surface area (TPSA) is 90.5 Å². The largest absolute Gasteiger partial charge is 0.391 e. The molecule has 202 valence electrons. The van der Waals surface area contributed by atoms with Crippen molar-refractivity contribution < 1.29 is 26.4 Å². The Morgan fingerprint density at radius 1 is 1.00 bits per heavy atom. The van der Waals surface area contributed by atoms with E-state index in [9.17, 15) is 26.4 Å². The van der Waals surface area contributed by atoms with Crippen LogP contribution in [0.2, 0.25) is 0 Å². The van der Waals surface area contributed by atoms with Gasteiger partial charge in [-0.15, -0.1) is 0 Å². The number of alkyl halides is 3. The van der Waals surface area contributed by atoms with E-state index in [0.717, 1.165) is 58.0 Å². The summed E-state index contributed by atoms with van der Waals surface area (Å²) < 4.78 is 66.1. The zero-order valence-corrected chi connectivity index (χ0v) is 21.3. The van der Waals surface area contributed by atoms with Crippen LogP contribution in [0.3, 0.4) is 0 Å². The molecule has 0 bridgehead atoms. The summed E-state index contributed by atoms with van der Waals surface area (Å²) in [5.41, 5.74) is 0. The van der Waals surface area contributed by atoms with Gasteiger partial charge in [-0.3, -0.25) is 4.79 Å². The van der Waals surface area contributed by atoms with Crippen molar-refractivity contribution in [2.45, 2.75) is 94.1 Å². The fourth-order valence-electron chi connectivity index (χ4n) is 6.45. The van der Waals surface area contributed by atoms with Crippen molar-refractivity contribution in [1.82, 2.24) is 20.3 Å². The lowest BCUT2D eigenvalue weighted by Gasteiger charge is -2.36. The first-order valence-electron chi connectivity index (χ1n) is 13.4. The minimum Gasteiger partial charge on any atom is -0.355 e. The smallest absolute Gasteiger partial charge is 0.355 e. The number of amides is 1. The molecule has 35 heavy (non-hydrogen) atoms. The van der Waals surface area contributed by atoms with E-state index in [1.807, 2.05) is 0 Å². The molecule has 1 saturated carbocycles. The van der Waals surface area contributed by atoms with Gasteiger partial charge in [0.05, 0.1) is 17.2 Å². The van der Waals surface area contributed by atoms with E-state index < -0.39 is 27.4 Å². The number of fused-ring (bicyclic) bond motifs is 1. The summed E-state index contributed by atoms with van der Waals surface area (Å²) in [5, 5.41) is 9.27. The van der Waals surface area contributed by atoms with Crippen LogP contribution >= 0.6 is 0 Å². The molecule has 4 rings (SSSR count). The number of halogens is 3. The monoisotopic (exact) mass is 522 g/mol. The number of piperidine rings is 2. The van der Waals surface area contributed by atoms with Crippen molar-refractivity contribution >= 4 is 15.9 Å². The van der Waals surface area contributed by atoms with Gasteiger partial charge in [0.1, 0.15) is 0 Å². The van der Waals surface area contributed by atoms with Crippen LogP contribution in [-0.4, -0.2) is 74.9 Å². The van der Waals surface area contributed by atoms with Crippen molar-refractivity contribution in [3.05, 3.63) is 0 Å². The maximum absolute atomic E-state index is 13.0. The Bertz CT molecular complexity index is 795. The highest BCUT2D eigenvalue weighted by Gasteiger charge is 2.45. The fourth-order valence-corrected chi connectivity index (χ4v) is 8.46. The SMILES string of the molecule is O=C(NCCCCC1CCN(S(=O)(=O)C2CCC(C(F)(F)F)CC2)CC1)C1CC2CNCCC2N1. The Morgan fingerprint density at radius 2 is 1.71 bits per heavy atom. The average Bonchev–Trinajstić information content (AvgIpc) is 3.28. The molecule has 3 heterocycles. The van der Waals surface area contributed by atoms with Crippen LogP contribution in [0.5, 0.6) is 0 Å². The van der Waals surface area contributed by atoms with Crippen LogP contribution in [0.25, 0.3) is 0 Å². The second-order valence-electron chi connectivity index (χ2n) is 11.0. The third kappa shape index (κ3) is 6.90. The van der Waals surface area contributed by atoms with E-state index in [4.69, 9.17) is 0 Å². The highest BCUT2D eigenvalue weighted by atomic mass is 32.2. The van der Waals surface area contributed by atoms with E-state index in [2.05, 4.69) is 16.0 Å². The molecule has 4 fully saturated rings. The van der Waals surface area contributed by atoms with Gasteiger partial charge in [-0.2, -0.15) is 13.2 Å². The Kier molecular flexibility index (Phi) is 9.03. The molecule has 3 aliphatic heterocycles.